The highest BCUT2D eigenvalue weighted by Gasteiger charge is 2.20. The summed E-state index contributed by atoms with van der Waals surface area (Å²) in [6, 6.07) is 0. The van der Waals surface area contributed by atoms with Crippen molar-refractivity contribution in [1.82, 2.24) is 4.90 Å². The third kappa shape index (κ3) is 5.28. The first kappa shape index (κ1) is 13.9. The number of aliphatic hydroxyl groups excluding tert-OH is 1. The summed E-state index contributed by atoms with van der Waals surface area (Å²) in [5, 5.41) is 9.03. The number of methoxy groups -OCH3 is 1. The van der Waals surface area contributed by atoms with Crippen LogP contribution in [0, 0.1) is 11.8 Å². The average molecular weight is 229 g/mol. The maximum Gasteiger partial charge on any atom is 0.0589 e. The Morgan fingerprint density at radius 3 is 2.44 bits per heavy atom. The molecule has 1 fully saturated rings. The minimum atomic E-state index is 0.257. The standard InChI is InChI=1S/C13H27NO2/c1-12-3-5-13(6-4-12)11-14(7-9-15)8-10-16-2/h12-13,15H,3-11H2,1-2H3. The van der Waals surface area contributed by atoms with Gasteiger partial charge >= 0.3 is 0 Å². The van der Waals surface area contributed by atoms with Gasteiger partial charge < -0.3 is 9.84 Å². The highest BCUT2D eigenvalue weighted by Crippen LogP contribution is 2.28. The molecule has 1 rings (SSSR count). The van der Waals surface area contributed by atoms with Crippen LogP contribution >= 0.6 is 0 Å². The van der Waals surface area contributed by atoms with Gasteiger partial charge in [-0.3, -0.25) is 4.90 Å². The van der Waals surface area contributed by atoms with Crippen LogP contribution in [0.15, 0.2) is 0 Å². The highest BCUT2D eigenvalue weighted by molar-refractivity contribution is 4.73. The molecule has 0 bridgehead atoms. The van der Waals surface area contributed by atoms with Crippen LogP contribution in [0.5, 0.6) is 0 Å². The van der Waals surface area contributed by atoms with E-state index in [0.717, 1.165) is 38.1 Å². The van der Waals surface area contributed by atoms with Crippen LogP contribution in [0.2, 0.25) is 0 Å². The van der Waals surface area contributed by atoms with Crippen molar-refractivity contribution in [3.63, 3.8) is 0 Å². The molecule has 0 atom stereocenters. The molecule has 0 spiro atoms. The number of hydrogen-bond donors (Lipinski definition) is 1. The summed E-state index contributed by atoms with van der Waals surface area (Å²) < 4.78 is 5.10. The smallest absolute Gasteiger partial charge is 0.0589 e. The van der Waals surface area contributed by atoms with Crippen molar-refractivity contribution in [2.45, 2.75) is 32.6 Å². The van der Waals surface area contributed by atoms with Crippen LogP contribution in [0.4, 0.5) is 0 Å². The van der Waals surface area contributed by atoms with Gasteiger partial charge in [-0.25, -0.2) is 0 Å². The molecule has 0 unspecified atom stereocenters. The molecule has 3 heteroatoms. The molecular weight excluding hydrogens is 202 g/mol. The van der Waals surface area contributed by atoms with E-state index in [2.05, 4.69) is 11.8 Å². The van der Waals surface area contributed by atoms with Gasteiger partial charge in [-0.1, -0.05) is 19.8 Å². The molecule has 1 aliphatic rings. The van der Waals surface area contributed by atoms with Gasteiger partial charge in [0.15, 0.2) is 0 Å². The lowest BCUT2D eigenvalue weighted by Crippen LogP contribution is -2.35. The topological polar surface area (TPSA) is 32.7 Å². The first-order valence-corrected chi connectivity index (χ1v) is 6.58. The number of rotatable bonds is 7. The molecule has 1 N–H and O–H groups in total. The molecule has 96 valence electrons. The normalized spacial score (nSPS) is 26.2. The van der Waals surface area contributed by atoms with Gasteiger partial charge in [0.05, 0.1) is 13.2 Å². The summed E-state index contributed by atoms with van der Waals surface area (Å²) in [5.74, 6) is 1.75. The van der Waals surface area contributed by atoms with E-state index in [0.29, 0.717) is 0 Å². The average Bonchev–Trinajstić information content (AvgIpc) is 2.29. The predicted molar refractivity (Wildman–Crippen MR) is 66.5 cm³/mol. The van der Waals surface area contributed by atoms with Crippen molar-refractivity contribution >= 4 is 0 Å². The van der Waals surface area contributed by atoms with E-state index in [9.17, 15) is 0 Å². The zero-order chi connectivity index (χ0) is 11.8. The van der Waals surface area contributed by atoms with Crippen molar-refractivity contribution < 1.29 is 9.84 Å². The van der Waals surface area contributed by atoms with Crippen molar-refractivity contribution in [3.05, 3.63) is 0 Å². The Morgan fingerprint density at radius 1 is 1.19 bits per heavy atom. The van der Waals surface area contributed by atoms with Crippen LogP contribution in [-0.4, -0.2) is 50.0 Å². The third-order valence-electron chi connectivity index (χ3n) is 3.68. The van der Waals surface area contributed by atoms with Crippen molar-refractivity contribution in [2.75, 3.05) is 40.0 Å². The van der Waals surface area contributed by atoms with Crippen molar-refractivity contribution in [3.8, 4) is 0 Å². The quantitative estimate of drug-likeness (QED) is 0.722. The summed E-state index contributed by atoms with van der Waals surface area (Å²) in [6.45, 7) is 6.25. The Hall–Kier alpha value is -0.120. The molecule has 0 radical (unpaired) electrons. The van der Waals surface area contributed by atoms with Gasteiger partial charge in [0.25, 0.3) is 0 Å². The van der Waals surface area contributed by atoms with Crippen molar-refractivity contribution in [1.29, 1.82) is 0 Å². The molecule has 1 saturated carbocycles. The Morgan fingerprint density at radius 2 is 1.88 bits per heavy atom. The second-order valence-corrected chi connectivity index (χ2v) is 5.14. The molecule has 0 aromatic carbocycles. The Kier molecular flexibility index (Phi) is 7.01. The summed E-state index contributed by atoms with van der Waals surface area (Å²) in [4.78, 5) is 2.34. The van der Waals surface area contributed by atoms with E-state index < -0.39 is 0 Å². The second-order valence-electron chi connectivity index (χ2n) is 5.14. The van der Waals surface area contributed by atoms with Crippen LogP contribution < -0.4 is 0 Å². The lowest BCUT2D eigenvalue weighted by Gasteiger charge is -2.31. The maximum absolute atomic E-state index is 9.03. The molecule has 3 nitrogen and oxygen atoms in total. The van der Waals surface area contributed by atoms with E-state index in [1.165, 1.54) is 25.7 Å². The Bertz CT molecular complexity index is 167. The lowest BCUT2D eigenvalue weighted by atomic mass is 9.83. The van der Waals surface area contributed by atoms with E-state index in [-0.39, 0.29) is 6.61 Å². The van der Waals surface area contributed by atoms with Gasteiger partial charge in [0.1, 0.15) is 0 Å². The summed E-state index contributed by atoms with van der Waals surface area (Å²) in [5.41, 5.74) is 0. The fraction of sp³-hybridized carbons (Fsp3) is 1.00. The highest BCUT2D eigenvalue weighted by atomic mass is 16.5. The summed E-state index contributed by atoms with van der Waals surface area (Å²) in [6.07, 6.45) is 5.47. The van der Waals surface area contributed by atoms with E-state index in [1.54, 1.807) is 7.11 Å². The molecule has 0 saturated heterocycles. The Labute approximate surface area is 99.8 Å². The number of hydrogen-bond acceptors (Lipinski definition) is 3. The lowest BCUT2D eigenvalue weighted by molar-refractivity contribution is 0.109. The van der Waals surface area contributed by atoms with E-state index >= 15 is 0 Å². The zero-order valence-electron chi connectivity index (χ0n) is 10.8. The van der Waals surface area contributed by atoms with Gasteiger partial charge in [0.2, 0.25) is 0 Å². The molecule has 0 amide bonds. The predicted octanol–water partition coefficient (Wildman–Crippen LogP) is 1.75. The monoisotopic (exact) mass is 229 g/mol. The van der Waals surface area contributed by atoms with Gasteiger partial charge in [-0.2, -0.15) is 0 Å². The second kappa shape index (κ2) is 8.04. The SMILES string of the molecule is COCCN(CCO)CC1CCC(C)CC1. The minimum absolute atomic E-state index is 0.257. The van der Waals surface area contributed by atoms with Gasteiger partial charge in [0, 0.05) is 26.7 Å². The molecule has 16 heavy (non-hydrogen) atoms. The van der Waals surface area contributed by atoms with E-state index in [4.69, 9.17) is 9.84 Å². The summed E-state index contributed by atoms with van der Waals surface area (Å²) >= 11 is 0. The first-order chi connectivity index (χ1) is 7.76. The first-order valence-electron chi connectivity index (χ1n) is 6.58. The molecule has 0 heterocycles. The van der Waals surface area contributed by atoms with Crippen LogP contribution in [-0.2, 0) is 4.74 Å². The van der Waals surface area contributed by atoms with Crippen LogP contribution in [0.1, 0.15) is 32.6 Å². The van der Waals surface area contributed by atoms with Gasteiger partial charge in [-0.15, -0.1) is 0 Å². The number of aliphatic hydroxyl groups is 1. The minimum Gasteiger partial charge on any atom is -0.395 e. The summed E-state index contributed by atoms with van der Waals surface area (Å²) in [7, 11) is 1.74. The maximum atomic E-state index is 9.03. The van der Waals surface area contributed by atoms with Crippen LogP contribution in [0.3, 0.4) is 0 Å². The molecule has 0 aromatic rings. The largest absolute Gasteiger partial charge is 0.395 e. The van der Waals surface area contributed by atoms with Crippen molar-refractivity contribution in [2.24, 2.45) is 11.8 Å². The van der Waals surface area contributed by atoms with Gasteiger partial charge in [-0.05, 0) is 24.7 Å². The molecule has 0 aliphatic heterocycles. The third-order valence-corrected chi connectivity index (χ3v) is 3.68. The van der Waals surface area contributed by atoms with E-state index in [1.807, 2.05) is 0 Å². The number of nitrogens with zero attached hydrogens (tertiary/aromatic N) is 1. The molecular formula is C13H27NO2. The number of ether oxygens (including phenoxy) is 1. The fourth-order valence-corrected chi connectivity index (χ4v) is 2.53. The Balaban J connectivity index is 2.24. The molecule has 1 aliphatic carbocycles. The fourth-order valence-electron chi connectivity index (χ4n) is 2.53. The van der Waals surface area contributed by atoms with Crippen LogP contribution in [0.25, 0.3) is 0 Å². The zero-order valence-corrected chi connectivity index (χ0v) is 10.8. The molecule has 0 aromatic heterocycles.